The Kier molecular flexibility index (Phi) is 4.77. The fourth-order valence-electron chi connectivity index (χ4n) is 2.20. The molecule has 2 aromatic carbocycles. The predicted molar refractivity (Wildman–Crippen MR) is 83.4 cm³/mol. The molecule has 116 valence electrons. The first-order chi connectivity index (χ1) is 11.0. The Balaban J connectivity index is 2.58. The highest BCUT2D eigenvalue weighted by Crippen LogP contribution is 2.23. The molecule has 0 aliphatic carbocycles. The van der Waals surface area contributed by atoms with Crippen LogP contribution in [0.3, 0.4) is 0 Å². The van der Waals surface area contributed by atoms with Crippen molar-refractivity contribution < 1.29 is 19.4 Å². The van der Waals surface area contributed by atoms with Crippen molar-refractivity contribution in [3.05, 3.63) is 64.2 Å². The van der Waals surface area contributed by atoms with E-state index in [4.69, 9.17) is 4.74 Å². The van der Waals surface area contributed by atoms with Gasteiger partial charge in [0.05, 0.1) is 29.4 Å². The number of ketones is 1. The topological polar surface area (TPSA) is 87.4 Å². The molecule has 0 aliphatic heterocycles. The monoisotopic (exact) mass is 309 g/mol. The molecule has 0 heterocycles. The quantitative estimate of drug-likeness (QED) is 0.693. The zero-order valence-electron chi connectivity index (χ0n) is 12.8. The molecule has 1 N–H and O–H groups in total. The second-order valence-electron chi connectivity index (χ2n) is 4.87. The largest absolute Gasteiger partial charge is 0.507 e. The van der Waals surface area contributed by atoms with Crippen LogP contribution < -0.4 is 0 Å². The van der Waals surface area contributed by atoms with Crippen LogP contribution in [-0.2, 0) is 4.74 Å². The summed E-state index contributed by atoms with van der Waals surface area (Å²) in [5, 5.41) is 19.0. The summed E-state index contributed by atoms with van der Waals surface area (Å²) >= 11 is 0. The van der Waals surface area contributed by atoms with Crippen molar-refractivity contribution in [2.24, 2.45) is 0 Å². The standard InChI is InChI=1S/C18H15NO4/c1-3-23-18(22)15-9-12(8-13(10-19)11(15)2)17(21)14-6-4-5-7-16(14)20/h4-9,20H,3H2,1-2H3. The number of ether oxygens (including phenoxy) is 1. The minimum atomic E-state index is -0.589. The highest BCUT2D eigenvalue weighted by atomic mass is 16.5. The second kappa shape index (κ2) is 6.75. The van der Waals surface area contributed by atoms with Crippen LogP contribution in [0.2, 0.25) is 0 Å². The first-order valence-corrected chi connectivity index (χ1v) is 7.04. The first kappa shape index (κ1) is 16.2. The molecule has 0 aliphatic rings. The summed E-state index contributed by atoms with van der Waals surface area (Å²) in [6.45, 7) is 3.49. The Labute approximate surface area is 133 Å². The van der Waals surface area contributed by atoms with Gasteiger partial charge in [-0.1, -0.05) is 12.1 Å². The Hall–Kier alpha value is -3.13. The molecule has 0 spiro atoms. The van der Waals surface area contributed by atoms with Crippen LogP contribution in [0.1, 0.15) is 44.3 Å². The molecule has 0 saturated carbocycles. The first-order valence-electron chi connectivity index (χ1n) is 7.04. The molecule has 0 unspecified atom stereocenters. The zero-order valence-corrected chi connectivity index (χ0v) is 12.8. The second-order valence-corrected chi connectivity index (χ2v) is 4.87. The van der Waals surface area contributed by atoms with Gasteiger partial charge in [0.1, 0.15) is 5.75 Å². The minimum Gasteiger partial charge on any atom is -0.507 e. The highest BCUT2D eigenvalue weighted by molar-refractivity contribution is 6.12. The smallest absolute Gasteiger partial charge is 0.338 e. The van der Waals surface area contributed by atoms with Gasteiger partial charge in [0.15, 0.2) is 5.78 Å². The zero-order chi connectivity index (χ0) is 17.0. The van der Waals surface area contributed by atoms with E-state index in [9.17, 15) is 20.0 Å². The number of rotatable bonds is 4. The van der Waals surface area contributed by atoms with Crippen molar-refractivity contribution in [3.63, 3.8) is 0 Å². The number of nitriles is 1. The van der Waals surface area contributed by atoms with E-state index in [0.717, 1.165) is 0 Å². The molecular weight excluding hydrogens is 294 g/mol. The van der Waals surface area contributed by atoms with Crippen LogP contribution in [0.15, 0.2) is 36.4 Å². The van der Waals surface area contributed by atoms with Gasteiger partial charge in [-0.25, -0.2) is 4.79 Å². The summed E-state index contributed by atoms with van der Waals surface area (Å²) in [4.78, 5) is 24.6. The molecule has 0 aromatic heterocycles. The maximum atomic E-state index is 12.6. The van der Waals surface area contributed by atoms with Gasteiger partial charge in [-0.15, -0.1) is 0 Å². The van der Waals surface area contributed by atoms with Crippen LogP contribution in [0.5, 0.6) is 5.75 Å². The third-order valence-electron chi connectivity index (χ3n) is 3.43. The number of hydrogen-bond donors (Lipinski definition) is 1. The molecule has 0 bridgehead atoms. The molecule has 5 heteroatoms. The molecule has 0 radical (unpaired) electrons. The third kappa shape index (κ3) is 3.22. The lowest BCUT2D eigenvalue weighted by molar-refractivity contribution is 0.0525. The van der Waals surface area contributed by atoms with E-state index >= 15 is 0 Å². The molecule has 0 amide bonds. The summed E-state index contributed by atoms with van der Waals surface area (Å²) in [6.07, 6.45) is 0. The van der Waals surface area contributed by atoms with Crippen molar-refractivity contribution in [1.29, 1.82) is 5.26 Å². The number of para-hydroxylation sites is 1. The maximum absolute atomic E-state index is 12.6. The molecule has 23 heavy (non-hydrogen) atoms. The van der Waals surface area contributed by atoms with E-state index < -0.39 is 11.8 Å². The normalized spacial score (nSPS) is 9.96. The summed E-state index contributed by atoms with van der Waals surface area (Å²) in [5.41, 5.74) is 1.10. The molecule has 0 fully saturated rings. The van der Waals surface area contributed by atoms with E-state index in [-0.39, 0.29) is 34.6 Å². The fraction of sp³-hybridized carbons (Fsp3) is 0.167. The third-order valence-corrected chi connectivity index (χ3v) is 3.43. The fourth-order valence-corrected chi connectivity index (χ4v) is 2.20. The molecule has 2 rings (SSSR count). The van der Waals surface area contributed by atoms with Gasteiger partial charge >= 0.3 is 5.97 Å². The van der Waals surface area contributed by atoms with Crippen LogP contribution in [0.25, 0.3) is 0 Å². The number of benzene rings is 2. The van der Waals surface area contributed by atoms with Crippen LogP contribution in [0, 0.1) is 18.3 Å². The van der Waals surface area contributed by atoms with E-state index in [1.807, 2.05) is 6.07 Å². The Morgan fingerprint density at radius 3 is 2.52 bits per heavy atom. The van der Waals surface area contributed by atoms with Crippen molar-refractivity contribution in [2.75, 3.05) is 6.61 Å². The lowest BCUT2D eigenvalue weighted by Gasteiger charge is -2.10. The molecular formula is C18H15NO4. The number of phenolic OH excluding ortho intramolecular Hbond substituents is 1. The van der Waals surface area contributed by atoms with Gasteiger partial charge < -0.3 is 9.84 Å². The summed E-state index contributed by atoms with van der Waals surface area (Å²) < 4.78 is 4.96. The van der Waals surface area contributed by atoms with E-state index in [2.05, 4.69) is 0 Å². The summed E-state index contributed by atoms with van der Waals surface area (Å²) in [5.74, 6) is -1.21. The van der Waals surface area contributed by atoms with Gasteiger partial charge in [0.25, 0.3) is 0 Å². The van der Waals surface area contributed by atoms with E-state index in [1.54, 1.807) is 26.0 Å². The number of nitrogens with zero attached hydrogens (tertiary/aromatic N) is 1. The molecule has 0 atom stereocenters. The molecule has 5 nitrogen and oxygen atoms in total. The number of carbonyl (C=O) groups is 2. The summed E-state index contributed by atoms with van der Waals surface area (Å²) in [7, 11) is 0. The Morgan fingerprint density at radius 1 is 1.22 bits per heavy atom. The predicted octanol–water partition coefficient (Wildman–Crippen LogP) is 2.98. The van der Waals surface area contributed by atoms with Crippen molar-refractivity contribution in [2.45, 2.75) is 13.8 Å². The number of aromatic hydroxyl groups is 1. The molecule has 0 saturated heterocycles. The van der Waals surface area contributed by atoms with Gasteiger partial charge in [-0.2, -0.15) is 5.26 Å². The van der Waals surface area contributed by atoms with Crippen molar-refractivity contribution in [1.82, 2.24) is 0 Å². The summed E-state index contributed by atoms with van der Waals surface area (Å²) in [6, 6.07) is 10.9. The van der Waals surface area contributed by atoms with Gasteiger partial charge in [0.2, 0.25) is 0 Å². The van der Waals surface area contributed by atoms with Crippen LogP contribution >= 0.6 is 0 Å². The lowest BCUT2D eigenvalue weighted by Crippen LogP contribution is -2.11. The highest BCUT2D eigenvalue weighted by Gasteiger charge is 2.20. The Bertz CT molecular complexity index is 818. The maximum Gasteiger partial charge on any atom is 0.338 e. The van der Waals surface area contributed by atoms with Crippen molar-refractivity contribution in [3.8, 4) is 11.8 Å². The number of carbonyl (C=O) groups excluding carboxylic acids is 2. The van der Waals surface area contributed by atoms with E-state index in [1.165, 1.54) is 24.3 Å². The number of esters is 1. The number of phenols is 1. The van der Waals surface area contributed by atoms with Crippen LogP contribution in [0.4, 0.5) is 0 Å². The van der Waals surface area contributed by atoms with E-state index in [0.29, 0.717) is 5.56 Å². The van der Waals surface area contributed by atoms with Gasteiger partial charge in [-0.05, 0) is 43.7 Å². The average molecular weight is 309 g/mol. The number of hydrogen-bond acceptors (Lipinski definition) is 5. The SMILES string of the molecule is CCOC(=O)c1cc(C(=O)c2ccccc2O)cc(C#N)c1C. The molecule has 2 aromatic rings. The van der Waals surface area contributed by atoms with Gasteiger partial charge in [0, 0.05) is 5.56 Å². The minimum absolute atomic E-state index is 0.107. The van der Waals surface area contributed by atoms with Gasteiger partial charge in [-0.3, -0.25) is 4.79 Å². The van der Waals surface area contributed by atoms with Crippen LogP contribution in [-0.4, -0.2) is 23.5 Å². The van der Waals surface area contributed by atoms with Crippen molar-refractivity contribution >= 4 is 11.8 Å². The Morgan fingerprint density at radius 2 is 1.91 bits per heavy atom. The average Bonchev–Trinajstić information content (AvgIpc) is 2.55. The lowest BCUT2D eigenvalue weighted by atomic mass is 9.94.